The molecule has 0 aliphatic rings. The van der Waals surface area contributed by atoms with Crippen molar-refractivity contribution in [3.63, 3.8) is 0 Å². The molecule has 0 atom stereocenters. The van der Waals surface area contributed by atoms with Crippen molar-refractivity contribution in [2.75, 3.05) is 30.3 Å². The Morgan fingerprint density at radius 3 is 1.68 bits per heavy atom. The SMILES string of the molecule is CC(C)(C)OC(=O)NCCSCC(=O)SCCNC(=O)OC(C)(C)C. The summed E-state index contributed by atoms with van der Waals surface area (Å²) >= 11 is 2.61. The molecule has 25 heavy (non-hydrogen) atoms. The van der Waals surface area contributed by atoms with Crippen LogP contribution in [0, 0.1) is 0 Å². The molecule has 0 unspecified atom stereocenters. The van der Waals surface area contributed by atoms with Crippen LogP contribution in [-0.2, 0) is 14.3 Å². The molecule has 0 saturated carbocycles. The highest BCUT2D eigenvalue weighted by atomic mass is 32.2. The molecule has 0 aromatic carbocycles. The van der Waals surface area contributed by atoms with Crippen LogP contribution in [0.3, 0.4) is 0 Å². The molecule has 0 fully saturated rings. The molecule has 2 N–H and O–H groups in total. The second-order valence-electron chi connectivity index (χ2n) is 7.13. The Balaban J connectivity index is 3.60. The summed E-state index contributed by atoms with van der Waals surface area (Å²) in [6.07, 6.45) is -0.940. The van der Waals surface area contributed by atoms with Crippen LogP contribution in [0.25, 0.3) is 0 Å². The van der Waals surface area contributed by atoms with E-state index in [2.05, 4.69) is 10.6 Å². The summed E-state index contributed by atoms with van der Waals surface area (Å²) in [6.45, 7) is 11.6. The van der Waals surface area contributed by atoms with Crippen LogP contribution in [0.4, 0.5) is 9.59 Å². The lowest BCUT2D eigenvalue weighted by Crippen LogP contribution is -2.33. The number of carbonyl (C=O) groups is 3. The van der Waals surface area contributed by atoms with Gasteiger partial charge in [0.2, 0.25) is 0 Å². The molecule has 146 valence electrons. The number of carbonyl (C=O) groups excluding carboxylic acids is 3. The van der Waals surface area contributed by atoms with Crippen LogP contribution in [0.5, 0.6) is 0 Å². The van der Waals surface area contributed by atoms with Crippen LogP contribution in [0.1, 0.15) is 41.5 Å². The van der Waals surface area contributed by atoms with E-state index in [1.165, 1.54) is 23.5 Å². The van der Waals surface area contributed by atoms with Gasteiger partial charge in [0.25, 0.3) is 0 Å². The topological polar surface area (TPSA) is 93.7 Å². The smallest absolute Gasteiger partial charge is 0.407 e. The van der Waals surface area contributed by atoms with Gasteiger partial charge in [0.15, 0.2) is 5.12 Å². The number of rotatable bonds is 8. The first-order chi connectivity index (χ1) is 11.4. The van der Waals surface area contributed by atoms with Gasteiger partial charge in [0, 0.05) is 24.6 Å². The van der Waals surface area contributed by atoms with Gasteiger partial charge in [-0.2, -0.15) is 11.8 Å². The molecule has 9 heteroatoms. The Labute approximate surface area is 158 Å². The Morgan fingerprint density at radius 2 is 1.24 bits per heavy atom. The summed E-state index contributed by atoms with van der Waals surface area (Å²) in [5.41, 5.74) is -1.05. The first-order valence-electron chi connectivity index (χ1n) is 8.06. The number of ether oxygens (including phenoxy) is 2. The Bertz CT molecular complexity index is 445. The highest BCUT2D eigenvalue weighted by Gasteiger charge is 2.16. The van der Waals surface area contributed by atoms with Gasteiger partial charge in [0.05, 0.1) is 5.75 Å². The maximum atomic E-state index is 11.7. The lowest BCUT2D eigenvalue weighted by molar-refractivity contribution is -0.108. The van der Waals surface area contributed by atoms with Crippen molar-refractivity contribution in [2.45, 2.75) is 52.7 Å². The number of hydrogen-bond donors (Lipinski definition) is 2. The van der Waals surface area contributed by atoms with Gasteiger partial charge in [-0.1, -0.05) is 11.8 Å². The summed E-state index contributed by atoms with van der Waals surface area (Å²) in [5.74, 6) is 1.48. The zero-order valence-electron chi connectivity index (χ0n) is 15.9. The fourth-order valence-electron chi connectivity index (χ4n) is 1.37. The van der Waals surface area contributed by atoms with Gasteiger partial charge in [-0.3, -0.25) is 4.79 Å². The second kappa shape index (κ2) is 11.5. The lowest BCUT2D eigenvalue weighted by atomic mass is 10.2. The predicted molar refractivity (Wildman–Crippen MR) is 103 cm³/mol. The molecule has 2 amide bonds. The largest absolute Gasteiger partial charge is 0.444 e. The summed E-state index contributed by atoms with van der Waals surface area (Å²) in [7, 11) is 0. The minimum Gasteiger partial charge on any atom is -0.444 e. The van der Waals surface area contributed by atoms with Gasteiger partial charge >= 0.3 is 12.2 Å². The summed E-state index contributed by atoms with van der Waals surface area (Å²) in [6, 6.07) is 0. The van der Waals surface area contributed by atoms with Crippen molar-refractivity contribution in [2.24, 2.45) is 0 Å². The summed E-state index contributed by atoms with van der Waals surface area (Å²) in [5, 5.41) is 5.27. The fourth-order valence-corrected chi connectivity index (χ4v) is 2.94. The summed E-state index contributed by atoms with van der Waals surface area (Å²) < 4.78 is 10.2. The van der Waals surface area contributed by atoms with E-state index >= 15 is 0 Å². The van der Waals surface area contributed by atoms with E-state index in [0.717, 1.165) is 0 Å². The van der Waals surface area contributed by atoms with Crippen LogP contribution in [0.2, 0.25) is 0 Å². The third-order valence-electron chi connectivity index (χ3n) is 2.17. The van der Waals surface area contributed by atoms with E-state index in [4.69, 9.17) is 9.47 Å². The Kier molecular flexibility index (Phi) is 11.0. The molecule has 0 aromatic rings. The Morgan fingerprint density at radius 1 is 0.800 bits per heavy atom. The first-order valence-corrected chi connectivity index (χ1v) is 10.2. The van der Waals surface area contributed by atoms with Crippen LogP contribution >= 0.6 is 23.5 Å². The van der Waals surface area contributed by atoms with Gasteiger partial charge in [-0.05, 0) is 41.5 Å². The molecule has 0 aliphatic carbocycles. The maximum Gasteiger partial charge on any atom is 0.407 e. The molecule has 0 aromatic heterocycles. The summed E-state index contributed by atoms with van der Waals surface area (Å²) in [4.78, 5) is 34.5. The van der Waals surface area contributed by atoms with Crippen molar-refractivity contribution >= 4 is 40.8 Å². The number of nitrogens with one attached hydrogen (secondary N) is 2. The van der Waals surface area contributed by atoms with Gasteiger partial charge < -0.3 is 20.1 Å². The van der Waals surface area contributed by atoms with Crippen molar-refractivity contribution in [1.29, 1.82) is 0 Å². The monoisotopic (exact) mass is 394 g/mol. The molecule has 0 saturated heterocycles. The van der Waals surface area contributed by atoms with Crippen molar-refractivity contribution in [1.82, 2.24) is 10.6 Å². The van der Waals surface area contributed by atoms with E-state index in [-0.39, 0.29) is 5.12 Å². The van der Waals surface area contributed by atoms with E-state index in [1.807, 2.05) is 0 Å². The second-order valence-corrected chi connectivity index (χ2v) is 9.39. The first kappa shape index (κ1) is 23.9. The van der Waals surface area contributed by atoms with Gasteiger partial charge in [-0.15, -0.1) is 0 Å². The van der Waals surface area contributed by atoms with E-state index < -0.39 is 23.4 Å². The molecule has 0 heterocycles. The average Bonchev–Trinajstić information content (AvgIpc) is 2.39. The molecular formula is C16H30N2O5S2. The molecule has 0 radical (unpaired) electrons. The fraction of sp³-hybridized carbons (Fsp3) is 0.812. The van der Waals surface area contributed by atoms with Crippen LogP contribution in [0.15, 0.2) is 0 Å². The zero-order chi connectivity index (χ0) is 19.5. The van der Waals surface area contributed by atoms with Crippen LogP contribution in [-0.4, -0.2) is 58.9 Å². The normalized spacial score (nSPS) is 11.6. The highest BCUT2D eigenvalue weighted by Crippen LogP contribution is 2.10. The van der Waals surface area contributed by atoms with Crippen LogP contribution < -0.4 is 10.6 Å². The molecular weight excluding hydrogens is 364 g/mol. The van der Waals surface area contributed by atoms with Gasteiger partial charge in [-0.25, -0.2) is 9.59 Å². The number of thioether (sulfide) groups is 2. The van der Waals surface area contributed by atoms with E-state index in [0.29, 0.717) is 30.3 Å². The number of amides is 2. The zero-order valence-corrected chi connectivity index (χ0v) is 17.5. The van der Waals surface area contributed by atoms with E-state index in [1.54, 1.807) is 41.5 Å². The van der Waals surface area contributed by atoms with Crippen molar-refractivity contribution < 1.29 is 23.9 Å². The molecule has 0 aliphatic heterocycles. The minimum absolute atomic E-state index is 0.0354. The molecule has 7 nitrogen and oxygen atoms in total. The molecule has 0 rings (SSSR count). The quantitative estimate of drug-likeness (QED) is 0.611. The van der Waals surface area contributed by atoms with Crippen molar-refractivity contribution in [3.8, 4) is 0 Å². The maximum absolute atomic E-state index is 11.7. The lowest BCUT2D eigenvalue weighted by Gasteiger charge is -2.19. The third kappa shape index (κ3) is 17.5. The Hall–Kier alpha value is -1.09. The predicted octanol–water partition coefficient (Wildman–Crippen LogP) is 3.03. The number of alkyl carbamates (subject to hydrolysis) is 2. The molecule has 0 spiro atoms. The third-order valence-corrected chi connectivity index (χ3v) is 4.18. The molecule has 0 bridgehead atoms. The van der Waals surface area contributed by atoms with E-state index in [9.17, 15) is 14.4 Å². The number of hydrogen-bond acceptors (Lipinski definition) is 7. The van der Waals surface area contributed by atoms with Gasteiger partial charge in [0.1, 0.15) is 11.2 Å². The minimum atomic E-state index is -0.531. The highest BCUT2D eigenvalue weighted by molar-refractivity contribution is 8.15. The standard InChI is InChI=1S/C16H30N2O5S2/c1-15(2,3)22-13(20)17-7-9-24-11-12(19)25-10-8-18-14(21)23-16(4,5)6/h7-11H2,1-6H3,(H,17,20)(H,18,21). The van der Waals surface area contributed by atoms with Crippen molar-refractivity contribution in [3.05, 3.63) is 0 Å². The average molecular weight is 395 g/mol.